The molecule has 23 heavy (non-hydrogen) atoms. The maximum absolute atomic E-state index is 12.2. The molecular formula is C18H26N4O. The van der Waals surface area contributed by atoms with Crippen LogP contribution in [0.15, 0.2) is 24.3 Å². The number of anilines is 1. The van der Waals surface area contributed by atoms with Crippen molar-refractivity contribution in [2.24, 2.45) is 0 Å². The summed E-state index contributed by atoms with van der Waals surface area (Å²) < 4.78 is 0. The summed E-state index contributed by atoms with van der Waals surface area (Å²) in [4.78, 5) is 12.2. The fourth-order valence-corrected chi connectivity index (χ4v) is 3.55. The van der Waals surface area contributed by atoms with Crippen molar-refractivity contribution in [3.05, 3.63) is 29.8 Å². The van der Waals surface area contributed by atoms with E-state index in [0.29, 0.717) is 5.56 Å². The fourth-order valence-electron chi connectivity index (χ4n) is 3.55. The Hall–Kier alpha value is -2.06. The molecule has 1 heterocycles. The lowest BCUT2D eigenvalue weighted by molar-refractivity contribution is -0.120. The van der Waals surface area contributed by atoms with Gasteiger partial charge < -0.3 is 16.0 Å². The first-order valence-corrected chi connectivity index (χ1v) is 8.02. The molecule has 1 saturated heterocycles. The summed E-state index contributed by atoms with van der Waals surface area (Å²) in [6.45, 7) is 8.91. The molecule has 1 fully saturated rings. The second-order valence-electron chi connectivity index (χ2n) is 7.61. The Bertz CT molecular complexity index is 582. The number of hydrogen-bond donors (Lipinski definition) is 3. The molecule has 0 spiro atoms. The first-order valence-electron chi connectivity index (χ1n) is 8.02. The van der Waals surface area contributed by atoms with Crippen molar-refractivity contribution in [3.63, 3.8) is 0 Å². The van der Waals surface area contributed by atoms with Gasteiger partial charge in [0.25, 0.3) is 0 Å². The molecule has 0 aromatic heterocycles. The van der Waals surface area contributed by atoms with E-state index in [9.17, 15) is 4.79 Å². The topological polar surface area (TPSA) is 77.0 Å². The summed E-state index contributed by atoms with van der Waals surface area (Å²) in [7, 11) is 0. The zero-order valence-electron chi connectivity index (χ0n) is 14.4. The number of carbonyl (C=O) groups excluding carboxylic acids is 1. The highest BCUT2D eigenvalue weighted by Gasteiger charge is 2.38. The van der Waals surface area contributed by atoms with Crippen molar-refractivity contribution in [3.8, 4) is 6.07 Å². The lowest BCUT2D eigenvalue weighted by Gasteiger charge is -2.46. The molecule has 2 rings (SSSR count). The van der Waals surface area contributed by atoms with Crippen LogP contribution in [0.5, 0.6) is 0 Å². The minimum absolute atomic E-state index is 0.00661. The Morgan fingerprint density at radius 1 is 1.22 bits per heavy atom. The van der Waals surface area contributed by atoms with E-state index in [0.717, 1.165) is 18.5 Å². The Labute approximate surface area is 138 Å². The van der Waals surface area contributed by atoms with E-state index in [-0.39, 0.29) is 29.6 Å². The van der Waals surface area contributed by atoms with Crippen molar-refractivity contribution in [1.29, 1.82) is 5.26 Å². The highest BCUT2D eigenvalue weighted by Crippen LogP contribution is 2.28. The van der Waals surface area contributed by atoms with Crippen molar-refractivity contribution in [1.82, 2.24) is 10.6 Å². The minimum Gasteiger partial charge on any atom is -0.376 e. The third-order valence-electron chi connectivity index (χ3n) is 4.02. The van der Waals surface area contributed by atoms with E-state index < -0.39 is 0 Å². The van der Waals surface area contributed by atoms with E-state index in [1.54, 1.807) is 12.1 Å². The number of nitrogens with one attached hydrogen (secondary N) is 3. The van der Waals surface area contributed by atoms with E-state index in [4.69, 9.17) is 5.26 Å². The van der Waals surface area contributed by atoms with Crippen LogP contribution >= 0.6 is 0 Å². The van der Waals surface area contributed by atoms with Gasteiger partial charge in [-0.05, 0) is 64.8 Å². The largest absolute Gasteiger partial charge is 0.376 e. The van der Waals surface area contributed by atoms with Gasteiger partial charge in [-0.1, -0.05) is 0 Å². The van der Waals surface area contributed by atoms with E-state index in [1.807, 2.05) is 12.1 Å². The molecule has 0 bridgehead atoms. The molecule has 1 aromatic carbocycles. The summed E-state index contributed by atoms with van der Waals surface area (Å²) in [5.41, 5.74) is 1.48. The van der Waals surface area contributed by atoms with Crippen molar-refractivity contribution >= 4 is 11.6 Å². The average molecular weight is 314 g/mol. The summed E-state index contributed by atoms with van der Waals surface area (Å²) in [6.07, 6.45) is 1.83. The number of rotatable bonds is 4. The number of piperidine rings is 1. The minimum atomic E-state index is -0.00661. The maximum Gasteiger partial charge on any atom is 0.239 e. The number of carbonyl (C=O) groups is 1. The van der Waals surface area contributed by atoms with E-state index >= 15 is 0 Å². The Morgan fingerprint density at radius 2 is 1.78 bits per heavy atom. The molecule has 0 unspecified atom stereocenters. The molecule has 0 aliphatic carbocycles. The molecule has 124 valence electrons. The summed E-state index contributed by atoms with van der Waals surface area (Å²) in [6, 6.07) is 9.34. The summed E-state index contributed by atoms with van der Waals surface area (Å²) >= 11 is 0. The number of nitriles is 1. The van der Waals surface area contributed by atoms with Crippen LogP contribution in [0.1, 0.15) is 46.1 Å². The van der Waals surface area contributed by atoms with Crippen molar-refractivity contribution < 1.29 is 4.79 Å². The van der Waals surface area contributed by atoms with Crippen LogP contribution in [0.4, 0.5) is 5.69 Å². The van der Waals surface area contributed by atoms with E-state index in [2.05, 4.69) is 49.7 Å². The predicted molar refractivity (Wildman–Crippen MR) is 92.1 cm³/mol. The molecule has 5 nitrogen and oxygen atoms in total. The van der Waals surface area contributed by atoms with Gasteiger partial charge in [-0.15, -0.1) is 0 Å². The van der Waals surface area contributed by atoms with Gasteiger partial charge in [-0.2, -0.15) is 5.26 Å². The Balaban J connectivity index is 1.85. The van der Waals surface area contributed by atoms with Crippen LogP contribution in [0, 0.1) is 11.3 Å². The Morgan fingerprint density at radius 3 is 2.30 bits per heavy atom. The monoisotopic (exact) mass is 314 g/mol. The highest BCUT2D eigenvalue weighted by atomic mass is 16.2. The van der Waals surface area contributed by atoms with E-state index in [1.165, 1.54) is 0 Å². The smallest absolute Gasteiger partial charge is 0.239 e. The van der Waals surface area contributed by atoms with Gasteiger partial charge in [0.05, 0.1) is 18.2 Å². The van der Waals surface area contributed by atoms with Crippen LogP contribution in [0.25, 0.3) is 0 Å². The predicted octanol–water partition coefficient (Wildman–Crippen LogP) is 2.40. The molecule has 0 saturated carbocycles. The molecule has 1 amide bonds. The molecule has 0 atom stereocenters. The van der Waals surface area contributed by atoms with Gasteiger partial charge in [0.15, 0.2) is 0 Å². The SMILES string of the molecule is CC1(C)CC(NC(=O)CNc2ccc(C#N)cc2)CC(C)(C)N1. The molecule has 3 N–H and O–H groups in total. The van der Waals surface area contributed by atoms with Crippen LogP contribution in [-0.2, 0) is 4.79 Å². The quantitative estimate of drug-likeness (QED) is 0.797. The molecular weight excluding hydrogens is 288 g/mol. The number of hydrogen-bond acceptors (Lipinski definition) is 4. The van der Waals surface area contributed by atoms with Crippen LogP contribution < -0.4 is 16.0 Å². The highest BCUT2D eigenvalue weighted by molar-refractivity contribution is 5.81. The third kappa shape index (κ3) is 5.26. The van der Waals surface area contributed by atoms with Gasteiger partial charge in [0, 0.05) is 22.8 Å². The number of benzene rings is 1. The average Bonchev–Trinajstić information content (AvgIpc) is 2.42. The van der Waals surface area contributed by atoms with Gasteiger partial charge in [0.1, 0.15) is 0 Å². The maximum atomic E-state index is 12.2. The molecule has 5 heteroatoms. The number of nitrogens with zero attached hydrogens (tertiary/aromatic N) is 1. The van der Waals surface area contributed by atoms with Crippen molar-refractivity contribution in [2.75, 3.05) is 11.9 Å². The molecule has 1 aromatic rings. The normalized spacial score (nSPS) is 19.6. The second kappa shape index (κ2) is 6.59. The van der Waals surface area contributed by atoms with Gasteiger partial charge >= 0.3 is 0 Å². The second-order valence-corrected chi connectivity index (χ2v) is 7.61. The zero-order valence-corrected chi connectivity index (χ0v) is 14.4. The standard InChI is InChI=1S/C18H26N4O/c1-17(2)9-15(10-18(3,4)22-17)21-16(23)12-20-14-7-5-13(11-19)6-8-14/h5-8,15,20,22H,9-10,12H2,1-4H3,(H,21,23). The van der Waals surface area contributed by atoms with Gasteiger partial charge in [0.2, 0.25) is 5.91 Å². The third-order valence-corrected chi connectivity index (χ3v) is 4.02. The molecule has 1 aliphatic heterocycles. The Kier molecular flexibility index (Phi) is 4.96. The van der Waals surface area contributed by atoms with Crippen molar-refractivity contribution in [2.45, 2.75) is 57.7 Å². The summed E-state index contributed by atoms with van der Waals surface area (Å²) in [5.74, 6) is -0.00661. The first kappa shape index (κ1) is 17.3. The number of amides is 1. The van der Waals surface area contributed by atoms with Crippen LogP contribution in [0.2, 0.25) is 0 Å². The molecule has 0 radical (unpaired) electrons. The van der Waals surface area contributed by atoms with Gasteiger partial charge in [-0.25, -0.2) is 0 Å². The fraction of sp³-hybridized carbons (Fsp3) is 0.556. The lowest BCUT2D eigenvalue weighted by atomic mass is 9.79. The van der Waals surface area contributed by atoms with Crippen LogP contribution in [0.3, 0.4) is 0 Å². The zero-order chi connectivity index (χ0) is 17.1. The first-order chi connectivity index (χ1) is 10.7. The summed E-state index contributed by atoms with van der Waals surface area (Å²) in [5, 5.41) is 18.6. The molecule has 1 aliphatic rings. The van der Waals surface area contributed by atoms with Gasteiger partial charge in [-0.3, -0.25) is 4.79 Å². The van der Waals surface area contributed by atoms with Crippen LogP contribution in [-0.4, -0.2) is 29.6 Å². The lowest BCUT2D eigenvalue weighted by Crippen LogP contribution is -2.62.